The van der Waals surface area contributed by atoms with Crippen molar-refractivity contribution in [3.8, 4) is 11.3 Å². The lowest BCUT2D eigenvalue weighted by molar-refractivity contribution is 0.840. The van der Waals surface area contributed by atoms with E-state index in [9.17, 15) is 4.79 Å². The van der Waals surface area contributed by atoms with E-state index in [4.69, 9.17) is 0 Å². The highest BCUT2D eigenvalue weighted by Gasteiger charge is 2.08. The van der Waals surface area contributed by atoms with Crippen LogP contribution in [0.4, 0.5) is 11.6 Å². The van der Waals surface area contributed by atoms with Crippen molar-refractivity contribution in [3.63, 3.8) is 0 Å². The third-order valence-electron chi connectivity index (χ3n) is 3.51. The van der Waals surface area contributed by atoms with Crippen LogP contribution in [-0.4, -0.2) is 14.5 Å². The monoisotopic (exact) mass is 304 g/mol. The Morgan fingerprint density at radius 3 is 2.48 bits per heavy atom. The van der Waals surface area contributed by atoms with Crippen LogP contribution in [0.2, 0.25) is 0 Å². The van der Waals surface area contributed by atoms with Crippen LogP contribution in [0.5, 0.6) is 0 Å². The topological polar surface area (TPSA) is 59.8 Å². The summed E-state index contributed by atoms with van der Waals surface area (Å²) in [5.41, 5.74) is 3.22. The zero-order valence-corrected chi connectivity index (χ0v) is 12.7. The van der Waals surface area contributed by atoms with Gasteiger partial charge in [-0.3, -0.25) is 14.3 Å². The van der Waals surface area contributed by atoms with Gasteiger partial charge in [-0.2, -0.15) is 0 Å². The Bertz CT molecular complexity index is 883. The lowest BCUT2D eigenvalue weighted by Crippen LogP contribution is -2.20. The summed E-state index contributed by atoms with van der Waals surface area (Å²) in [5, 5.41) is 3.18. The van der Waals surface area contributed by atoms with E-state index in [0.717, 1.165) is 16.8 Å². The molecular formula is C18H16N4O. The summed E-state index contributed by atoms with van der Waals surface area (Å²) in [7, 11) is 1.69. The van der Waals surface area contributed by atoms with E-state index < -0.39 is 0 Å². The zero-order chi connectivity index (χ0) is 16.2. The van der Waals surface area contributed by atoms with Gasteiger partial charge in [-0.1, -0.05) is 24.8 Å². The maximum absolute atomic E-state index is 12.2. The van der Waals surface area contributed by atoms with Gasteiger partial charge in [0, 0.05) is 36.8 Å². The van der Waals surface area contributed by atoms with E-state index in [0.29, 0.717) is 11.6 Å². The summed E-state index contributed by atoms with van der Waals surface area (Å²) in [6.07, 6.45) is 5.13. The standard InChI is InChI=1S/C18H16N4O/c1-3-13-4-6-15(7-5-13)20-18-21-16(12-17(23)22(18)2)14-8-10-19-11-9-14/h3-12H,1H2,2H3,(H,20,21). The van der Waals surface area contributed by atoms with Gasteiger partial charge in [-0.25, -0.2) is 4.98 Å². The van der Waals surface area contributed by atoms with Gasteiger partial charge in [0.1, 0.15) is 0 Å². The molecule has 0 spiro atoms. The van der Waals surface area contributed by atoms with Crippen LogP contribution in [0.1, 0.15) is 5.56 Å². The molecule has 0 amide bonds. The molecule has 0 aliphatic rings. The summed E-state index contributed by atoms with van der Waals surface area (Å²) in [6, 6.07) is 12.9. The molecule has 0 atom stereocenters. The van der Waals surface area contributed by atoms with Crippen LogP contribution < -0.4 is 10.9 Å². The van der Waals surface area contributed by atoms with Gasteiger partial charge in [-0.05, 0) is 29.8 Å². The summed E-state index contributed by atoms with van der Waals surface area (Å²) < 4.78 is 1.48. The van der Waals surface area contributed by atoms with Gasteiger partial charge in [-0.15, -0.1) is 0 Å². The first-order valence-corrected chi connectivity index (χ1v) is 7.15. The van der Waals surface area contributed by atoms with Gasteiger partial charge >= 0.3 is 0 Å². The Morgan fingerprint density at radius 1 is 1.13 bits per heavy atom. The highest BCUT2D eigenvalue weighted by Crippen LogP contribution is 2.19. The zero-order valence-electron chi connectivity index (χ0n) is 12.7. The second-order valence-corrected chi connectivity index (χ2v) is 5.05. The molecule has 1 N–H and O–H groups in total. The number of benzene rings is 1. The number of anilines is 2. The molecule has 2 aromatic heterocycles. The Balaban J connectivity index is 1.99. The number of hydrogen-bond acceptors (Lipinski definition) is 4. The van der Waals surface area contributed by atoms with E-state index in [1.807, 2.05) is 36.4 Å². The molecule has 0 radical (unpaired) electrons. The Kier molecular flexibility index (Phi) is 4.01. The van der Waals surface area contributed by atoms with Crippen molar-refractivity contribution in [2.75, 3.05) is 5.32 Å². The van der Waals surface area contributed by atoms with E-state index in [1.54, 1.807) is 25.5 Å². The Labute approximate surface area is 134 Å². The molecule has 0 aliphatic heterocycles. The van der Waals surface area contributed by atoms with Crippen molar-refractivity contribution < 1.29 is 0 Å². The largest absolute Gasteiger partial charge is 0.326 e. The van der Waals surface area contributed by atoms with Gasteiger partial charge in [0.15, 0.2) is 0 Å². The number of rotatable bonds is 4. The molecule has 2 heterocycles. The fourth-order valence-electron chi connectivity index (χ4n) is 2.15. The highest BCUT2D eigenvalue weighted by atomic mass is 16.1. The van der Waals surface area contributed by atoms with Gasteiger partial charge in [0.25, 0.3) is 5.56 Å². The molecule has 114 valence electrons. The molecular weight excluding hydrogens is 288 g/mol. The Morgan fingerprint density at radius 2 is 1.83 bits per heavy atom. The summed E-state index contributed by atoms with van der Waals surface area (Å²) in [6.45, 7) is 3.73. The maximum atomic E-state index is 12.2. The first-order chi connectivity index (χ1) is 11.2. The second-order valence-electron chi connectivity index (χ2n) is 5.05. The first kappa shape index (κ1) is 14.7. The van der Waals surface area contributed by atoms with Gasteiger partial charge in [0.2, 0.25) is 5.95 Å². The third kappa shape index (κ3) is 3.18. The number of aromatic nitrogens is 3. The summed E-state index contributed by atoms with van der Waals surface area (Å²) in [5.74, 6) is 0.482. The lowest BCUT2D eigenvalue weighted by Gasteiger charge is -2.12. The molecule has 0 saturated heterocycles. The molecule has 23 heavy (non-hydrogen) atoms. The van der Waals surface area contributed by atoms with Crippen molar-refractivity contribution in [3.05, 3.63) is 77.4 Å². The molecule has 0 bridgehead atoms. The highest BCUT2D eigenvalue weighted by molar-refractivity contribution is 5.62. The maximum Gasteiger partial charge on any atom is 0.255 e. The van der Waals surface area contributed by atoms with Gasteiger partial charge < -0.3 is 5.32 Å². The van der Waals surface area contributed by atoms with Crippen LogP contribution in [0.25, 0.3) is 17.3 Å². The third-order valence-corrected chi connectivity index (χ3v) is 3.51. The minimum absolute atomic E-state index is 0.128. The van der Waals surface area contributed by atoms with Crippen LogP contribution in [-0.2, 0) is 7.05 Å². The SMILES string of the molecule is C=Cc1ccc(Nc2nc(-c3ccncc3)cc(=O)n2C)cc1. The van der Waals surface area contributed by atoms with Crippen molar-refractivity contribution in [1.82, 2.24) is 14.5 Å². The molecule has 3 rings (SSSR count). The molecule has 0 fully saturated rings. The van der Waals surface area contributed by atoms with Crippen LogP contribution >= 0.6 is 0 Å². The predicted molar refractivity (Wildman–Crippen MR) is 92.5 cm³/mol. The predicted octanol–water partition coefficient (Wildman–Crippen LogP) is 3.23. The number of nitrogens with one attached hydrogen (secondary N) is 1. The number of hydrogen-bond donors (Lipinski definition) is 1. The van der Waals surface area contributed by atoms with Crippen molar-refractivity contribution in [2.45, 2.75) is 0 Å². The smallest absolute Gasteiger partial charge is 0.255 e. The summed E-state index contributed by atoms with van der Waals surface area (Å²) >= 11 is 0. The van der Waals surface area contributed by atoms with E-state index in [-0.39, 0.29) is 5.56 Å². The lowest BCUT2D eigenvalue weighted by atomic mass is 10.2. The van der Waals surface area contributed by atoms with Crippen LogP contribution in [0, 0.1) is 0 Å². The van der Waals surface area contributed by atoms with Crippen molar-refractivity contribution in [2.24, 2.45) is 7.05 Å². The Hall–Kier alpha value is -3.21. The van der Waals surface area contributed by atoms with Crippen molar-refractivity contribution >= 4 is 17.7 Å². The fraction of sp³-hybridized carbons (Fsp3) is 0.0556. The van der Waals surface area contributed by atoms with E-state index in [1.165, 1.54) is 10.6 Å². The minimum atomic E-state index is -0.128. The second kappa shape index (κ2) is 6.27. The molecule has 5 nitrogen and oxygen atoms in total. The van der Waals surface area contributed by atoms with Crippen LogP contribution in [0.15, 0.2) is 66.2 Å². The normalized spacial score (nSPS) is 10.3. The van der Waals surface area contributed by atoms with E-state index >= 15 is 0 Å². The summed E-state index contributed by atoms with van der Waals surface area (Å²) in [4.78, 5) is 20.7. The van der Waals surface area contributed by atoms with Gasteiger partial charge in [0.05, 0.1) is 5.69 Å². The molecule has 0 saturated carbocycles. The van der Waals surface area contributed by atoms with E-state index in [2.05, 4.69) is 21.9 Å². The number of nitrogens with zero attached hydrogens (tertiary/aromatic N) is 3. The van der Waals surface area contributed by atoms with Crippen molar-refractivity contribution in [1.29, 1.82) is 0 Å². The fourth-order valence-corrected chi connectivity index (χ4v) is 2.15. The molecule has 3 aromatic rings. The molecule has 0 aliphatic carbocycles. The molecule has 5 heteroatoms. The molecule has 1 aromatic carbocycles. The average molecular weight is 304 g/mol. The molecule has 0 unspecified atom stereocenters. The quantitative estimate of drug-likeness (QED) is 0.804. The minimum Gasteiger partial charge on any atom is -0.326 e. The van der Waals surface area contributed by atoms with Crippen LogP contribution in [0.3, 0.4) is 0 Å². The average Bonchev–Trinajstić information content (AvgIpc) is 2.60. The number of pyridine rings is 1. The first-order valence-electron chi connectivity index (χ1n) is 7.15.